The molecule has 0 bridgehead atoms. The van der Waals surface area contributed by atoms with Gasteiger partial charge in [0.25, 0.3) is 0 Å². The second kappa shape index (κ2) is 4.26. The molecule has 1 aliphatic rings. The van der Waals surface area contributed by atoms with Crippen LogP contribution in [0.5, 0.6) is 5.75 Å². The van der Waals surface area contributed by atoms with Gasteiger partial charge in [-0.25, -0.2) is 0 Å². The molecule has 88 valence electrons. The minimum absolute atomic E-state index is 0.421. The Labute approximate surface area is 101 Å². The van der Waals surface area contributed by atoms with Crippen LogP contribution in [0.4, 0.5) is 0 Å². The zero-order valence-corrected chi connectivity index (χ0v) is 9.97. The van der Waals surface area contributed by atoms with Crippen LogP contribution in [0.2, 0.25) is 0 Å². The van der Waals surface area contributed by atoms with E-state index in [0.29, 0.717) is 6.04 Å². The number of quaternary nitrogens is 1. The summed E-state index contributed by atoms with van der Waals surface area (Å²) in [5.74, 6) is 0.917. The quantitative estimate of drug-likeness (QED) is 0.823. The van der Waals surface area contributed by atoms with E-state index in [2.05, 4.69) is 40.3 Å². The predicted molar refractivity (Wildman–Crippen MR) is 66.1 cm³/mol. The monoisotopic (exact) mass is 229 g/mol. The summed E-state index contributed by atoms with van der Waals surface area (Å²) >= 11 is 0. The average Bonchev–Trinajstić information content (AvgIpc) is 2.87. The molecule has 1 aliphatic heterocycles. The van der Waals surface area contributed by atoms with Gasteiger partial charge in [-0.15, -0.1) is 0 Å². The fourth-order valence-corrected chi connectivity index (χ4v) is 2.53. The Morgan fingerprint density at radius 2 is 2.06 bits per heavy atom. The Morgan fingerprint density at radius 1 is 1.24 bits per heavy atom. The topological polar surface area (TPSA) is 30.8 Å². The summed E-state index contributed by atoms with van der Waals surface area (Å²) in [5, 5.41) is 2.40. The van der Waals surface area contributed by atoms with Crippen LogP contribution in [0.15, 0.2) is 42.6 Å². The molecule has 0 radical (unpaired) electrons. The molecule has 0 saturated carbocycles. The predicted octanol–water partition coefficient (Wildman–Crippen LogP) is 1.16. The third-order valence-electron chi connectivity index (χ3n) is 3.43. The molecule has 0 aliphatic carbocycles. The molecule has 1 aromatic carbocycles. The van der Waals surface area contributed by atoms with Gasteiger partial charge in [0.15, 0.2) is 6.04 Å². The van der Waals surface area contributed by atoms with E-state index in [9.17, 15) is 0 Å². The van der Waals surface area contributed by atoms with Crippen LogP contribution in [-0.2, 0) is 6.54 Å². The van der Waals surface area contributed by atoms with Gasteiger partial charge in [0.2, 0.25) is 0 Å². The van der Waals surface area contributed by atoms with Crippen LogP contribution in [0.1, 0.15) is 17.3 Å². The fraction of sp³-hybridized carbons (Fsp3) is 0.286. The van der Waals surface area contributed by atoms with Crippen molar-refractivity contribution < 1.29 is 10.1 Å². The van der Waals surface area contributed by atoms with E-state index in [1.165, 1.54) is 11.3 Å². The van der Waals surface area contributed by atoms with Crippen molar-refractivity contribution >= 4 is 0 Å². The smallest absolute Gasteiger partial charge is 0.152 e. The summed E-state index contributed by atoms with van der Waals surface area (Å²) in [7, 11) is 1.70. The van der Waals surface area contributed by atoms with E-state index in [-0.39, 0.29) is 0 Å². The maximum absolute atomic E-state index is 5.20. The van der Waals surface area contributed by atoms with Crippen LogP contribution in [-0.4, -0.2) is 18.2 Å². The highest BCUT2D eigenvalue weighted by Gasteiger charge is 2.24. The van der Waals surface area contributed by atoms with Crippen molar-refractivity contribution in [2.24, 2.45) is 0 Å². The first-order valence-corrected chi connectivity index (χ1v) is 6.01. The lowest BCUT2D eigenvalue weighted by atomic mass is 10.0. The van der Waals surface area contributed by atoms with E-state index < -0.39 is 0 Å². The van der Waals surface area contributed by atoms with Gasteiger partial charge in [-0.2, -0.15) is 0 Å². The lowest BCUT2D eigenvalue weighted by molar-refractivity contribution is -0.693. The van der Waals surface area contributed by atoms with Gasteiger partial charge in [-0.05, 0) is 36.4 Å². The summed E-state index contributed by atoms with van der Waals surface area (Å²) in [6.45, 7) is 2.24. The Hall–Kier alpha value is -1.74. The average molecular weight is 229 g/mol. The summed E-state index contributed by atoms with van der Waals surface area (Å²) in [6, 6.07) is 13.1. The normalized spacial score (nSPS) is 18.8. The molecular formula is C14H17N2O+. The maximum atomic E-state index is 5.20. The molecule has 3 heteroatoms. The first kappa shape index (κ1) is 10.4. The summed E-state index contributed by atoms with van der Waals surface area (Å²) < 4.78 is 7.54. The molecule has 1 aromatic heterocycles. The maximum Gasteiger partial charge on any atom is 0.152 e. The molecule has 1 atom stereocenters. The molecule has 0 saturated heterocycles. The third kappa shape index (κ3) is 1.83. The van der Waals surface area contributed by atoms with Crippen molar-refractivity contribution in [2.45, 2.75) is 12.6 Å². The van der Waals surface area contributed by atoms with Gasteiger partial charge in [0.1, 0.15) is 5.75 Å². The minimum atomic E-state index is 0.421. The standard InChI is InChI=1S/C14H16N2O/c1-17-12-6-4-11(5-7-12)14-13-3-2-9-16(13)10-8-15-14/h2-7,9,14-15H,8,10H2,1H3/p+1/t14-/m0/s1. The fourth-order valence-electron chi connectivity index (χ4n) is 2.53. The highest BCUT2D eigenvalue weighted by molar-refractivity contribution is 5.32. The molecule has 0 unspecified atom stereocenters. The van der Waals surface area contributed by atoms with Crippen molar-refractivity contribution in [1.82, 2.24) is 4.57 Å². The summed E-state index contributed by atoms with van der Waals surface area (Å²) in [6.07, 6.45) is 2.17. The van der Waals surface area contributed by atoms with Gasteiger partial charge >= 0.3 is 0 Å². The molecule has 0 amide bonds. The van der Waals surface area contributed by atoms with Gasteiger partial charge in [-0.1, -0.05) is 0 Å². The van der Waals surface area contributed by atoms with Gasteiger partial charge < -0.3 is 14.6 Å². The zero-order chi connectivity index (χ0) is 11.7. The number of nitrogens with zero attached hydrogens (tertiary/aromatic N) is 1. The Balaban J connectivity index is 1.95. The number of nitrogens with two attached hydrogens (primary N) is 1. The van der Waals surface area contributed by atoms with E-state index in [4.69, 9.17) is 4.74 Å². The SMILES string of the molecule is COc1ccc([C@@H]2[NH2+]CCn3cccc32)cc1. The van der Waals surface area contributed by atoms with E-state index in [1.807, 2.05) is 12.1 Å². The number of rotatable bonds is 2. The van der Waals surface area contributed by atoms with Crippen LogP contribution in [0.25, 0.3) is 0 Å². The number of hydrogen-bond donors (Lipinski definition) is 1. The summed E-state index contributed by atoms with van der Waals surface area (Å²) in [5.41, 5.74) is 2.73. The van der Waals surface area contributed by atoms with E-state index in [1.54, 1.807) is 7.11 Å². The first-order chi connectivity index (χ1) is 8.38. The highest BCUT2D eigenvalue weighted by atomic mass is 16.5. The second-order valence-electron chi connectivity index (χ2n) is 4.40. The van der Waals surface area contributed by atoms with Gasteiger partial charge in [-0.3, -0.25) is 0 Å². The van der Waals surface area contributed by atoms with Crippen molar-refractivity contribution in [1.29, 1.82) is 0 Å². The van der Waals surface area contributed by atoms with Crippen molar-refractivity contribution in [2.75, 3.05) is 13.7 Å². The molecule has 0 fully saturated rings. The van der Waals surface area contributed by atoms with Crippen LogP contribution < -0.4 is 10.1 Å². The van der Waals surface area contributed by atoms with Crippen molar-refractivity contribution in [3.63, 3.8) is 0 Å². The van der Waals surface area contributed by atoms with Crippen LogP contribution in [0, 0.1) is 0 Å². The van der Waals surface area contributed by atoms with Crippen LogP contribution in [0.3, 0.4) is 0 Å². The van der Waals surface area contributed by atoms with Crippen LogP contribution >= 0.6 is 0 Å². The third-order valence-corrected chi connectivity index (χ3v) is 3.43. The number of benzene rings is 1. The number of fused-ring (bicyclic) bond motifs is 1. The Bertz CT molecular complexity index is 501. The first-order valence-electron chi connectivity index (χ1n) is 6.01. The molecule has 17 heavy (non-hydrogen) atoms. The number of aromatic nitrogens is 1. The number of hydrogen-bond acceptors (Lipinski definition) is 1. The largest absolute Gasteiger partial charge is 0.497 e. The molecule has 3 nitrogen and oxygen atoms in total. The molecular weight excluding hydrogens is 212 g/mol. The highest BCUT2D eigenvalue weighted by Crippen LogP contribution is 2.22. The van der Waals surface area contributed by atoms with Gasteiger partial charge in [0.05, 0.1) is 25.9 Å². The molecule has 2 N–H and O–H groups in total. The second-order valence-corrected chi connectivity index (χ2v) is 4.40. The van der Waals surface area contributed by atoms with Crippen molar-refractivity contribution in [3.8, 4) is 5.75 Å². The zero-order valence-electron chi connectivity index (χ0n) is 9.97. The van der Waals surface area contributed by atoms with Gasteiger partial charge in [0, 0.05) is 11.8 Å². The lowest BCUT2D eigenvalue weighted by Crippen LogP contribution is -2.88. The lowest BCUT2D eigenvalue weighted by Gasteiger charge is -2.23. The molecule has 3 rings (SSSR count). The van der Waals surface area contributed by atoms with E-state index in [0.717, 1.165) is 18.8 Å². The number of ether oxygens (including phenoxy) is 1. The molecule has 2 heterocycles. The molecule has 0 spiro atoms. The van der Waals surface area contributed by atoms with Crippen molar-refractivity contribution in [3.05, 3.63) is 53.9 Å². The number of methoxy groups -OCH3 is 1. The minimum Gasteiger partial charge on any atom is -0.497 e. The molecule has 2 aromatic rings. The van der Waals surface area contributed by atoms with E-state index >= 15 is 0 Å². The summed E-state index contributed by atoms with van der Waals surface area (Å²) in [4.78, 5) is 0. The Kier molecular flexibility index (Phi) is 2.61. The Morgan fingerprint density at radius 3 is 2.82 bits per heavy atom.